The molecule has 1 aromatic carbocycles. The van der Waals surface area contributed by atoms with Crippen LogP contribution in [-0.4, -0.2) is 87.9 Å². The van der Waals surface area contributed by atoms with E-state index in [1.165, 1.54) is 17.4 Å². The number of hydrogen-bond acceptors (Lipinski definition) is 6. The number of piperazine rings is 1. The van der Waals surface area contributed by atoms with E-state index in [1.807, 2.05) is 4.90 Å². The third kappa shape index (κ3) is 5.94. The molecule has 32 heavy (non-hydrogen) atoms. The molecule has 170 valence electrons. The van der Waals surface area contributed by atoms with Crippen LogP contribution in [0.15, 0.2) is 47.1 Å². The summed E-state index contributed by atoms with van der Waals surface area (Å²) in [6.07, 6.45) is 2.50. The normalized spacial score (nSPS) is 15.9. The molecule has 1 aromatic heterocycles. The lowest BCUT2D eigenvalue weighted by atomic mass is 10.00. The van der Waals surface area contributed by atoms with Gasteiger partial charge in [-0.3, -0.25) is 14.5 Å². The zero-order valence-corrected chi connectivity index (χ0v) is 17.5. The van der Waals surface area contributed by atoms with Gasteiger partial charge in [-0.15, -0.1) is 0 Å². The van der Waals surface area contributed by atoms with Crippen molar-refractivity contribution >= 4 is 23.8 Å². The van der Waals surface area contributed by atoms with Crippen LogP contribution in [0.5, 0.6) is 0 Å². The number of hydrogen-bond donors (Lipinski definition) is 2. The molecular weight excluding hydrogens is 418 g/mol. The topological polar surface area (TPSA) is 132 Å². The van der Waals surface area contributed by atoms with Crippen molar-refractivity contribution in [1.29, 1.82) is 0 Å². The minimum Gasteiger partial charge on any atom is -0.473 e. The maximum Gasteiger partial charge on any atom is 0.414 e. The summed E-state index contributed by atoms with van der Waals surface area (Å²) in [5.74, 6) is -3.24. The summed E-state index contributed by atoms with van der Waals surface area (Å²) < 4.78 is 5.17. The Bertz CT molecular complexity index is 954. The van der Waals surface area contributed by atoms with E-state index < -0.39 is 11.9 Å². The van der Waals surface area contributed by atoms with Crippen molar-refractivity contribution in [3.63, 3.8) is 0 Å². The van der Waals surface area contributed by atoms with Crippen LogP contribution in [0.2, 0.25) is 0 Å². The molecule has 2 aliphatic heterocycles. The zero-order valence-electron chi connectivity index (χ0n) is 17.5. The van der Waals surface area contributed by atoms with Gasteiger partial charge in [0, 0.05) is 39.3 Å². The van der Waals surface area contributed by atoms with E-state index in [2.05, 4.69) is 29.2 Å². The van der Waals surface area contributed by atoms with E-state index >= 15 is 0 Å². The smallest absolute Gasteiger partial charge is 0.414 e. The van der Waals surface area contributed by atoms with E-state index in [4.69, 9.17) is 24.2 Å². The van der Waals surface area contributed by atoms with Crippen LogP contribution in [0, 0.1) is 0 Å². The second-order valence-corrected chi connectivity index (χ2v) is 7.49. The Kier molecular flexibility index (Phi) is 7.61. The molecule has 0 aliphatic carbocycles. The predicted octanol–water partition coefficient (Wildman–Crippen LogP) is 0.778. The van der Waals surface area contributed by atoms with E-state index in [0.717, 1.165) is 19.5 Å². The van der Waals surface area contributed by atoms with Gasteiger partial charge in [-0.2, -0.15) is 0 Å². The summed E-state index contributed by atoms with van der Waals surface area (Å²) >= 11 is 0. The lowest BCUT2D eigenvalue weighted by Gasteiger charge is -2.36. The maximum atomic E-state index is 12.6. The predicted molar refractivity (Wildman–Crippen MR) is 112 cm³/mol. The average molecular weight is 443 g/mol. The number of nitrogens with zero attached hydrogens (tertiary/aromatic N) is 3. The molecule has 0 spiro atoms. The Morgan fingerprint density at radius 3 is 2.03 bits per heavy atom. The molecule has 0 bridgehead atoms. The molecule has 4 rings (SSSR count). The number of rotatable bonds is 3. The quantitative estimate of drug-likeness (QED) is 0.666. The Hall–Kier alpha value is -3.66. The molecular formula is C22H25N3O7. The Morgan fingerprint density at radius 2 is 1.44 bits per heavy atom. The molecule has 10 nitrogen and oxygen atoms in total. The van der Waals surface area contributed by atoms with Crippen LogP contribution in [-0.2, 0) is 27.3 Å². The van der Waals surface area contributed by atoms with Gasteiger partial charge < -0.3 is 24.4 Å². The lowest BCUT2D eigenvalue weighted by Crippen LogP contribution is -2.52. The van der Waals surface area contributed by atoms with Gasteiger partial charge in [0.2, 0.25) is 5.91 Å². The molecule has 0 saturated carbocycles. The zero-order chi connectivity index (χ0) is 23.1. The molecule has 3 heterocycles. The van der Waals surface area contributed by atoms with Crippen LogP contribution < -0.4 is 0 Å². The van der Waals surface area contributed by atoms with Crippen molar-refractivity contribution in [2.45, 2.75) is 13.0 Å². The lowest BCUT2D eigenvalue weighted by molar-refractivity contribution is -0.159. The highest BCUT2D eigenvalue weighted by atomic mass is 16.4. The highest BCUT2D eigenvalue weighted by Crippen LogP contribution is 2.18. The monoisotopic (exact) mass is 443 g/mol. The van der Waals surface area contributed by atoms with Crippen LogP contribution in [0.1, 0.15) is 21.7 Å². The van der Waals surface area contributed by atoms with Gasteiger partial charge in [0.05, 0.1) is 12.8 Å². The fourth-order valence-corrected chi connectivity index (χ4v) is 3.70. The van der Waals surface area contributed by atoms with Crippen LogP contribution in [0.4, 0.5) is 0 Å². The van der Waals surface area contributed by atoms with Crippen molar-refractivity contribution in [1.82, 2.24) is 14.7 Å². The maximum absolute atomic E-state index is 12.6. The molecule has 0 atom stereocenters. The molecule has 2 aromatic rings. The van der Waals surface area contributed by atoms with Gasteiger partial charge in [-0.05, 0) is 29.7 Å². The summed E-state index contributed by atoms with van der Waals surface area (Å²) in [4.78, 5) is 49.0. The number of carbonyl (C=O) groups is 4. The van der Waals surface area contributed by atoms with Crippen molar-refractivity contribution in [3.8, 4) is 0 Å². The largest absolute Gasteiger partial charge is 0.473 e. The number of carbonyl (C=O) groups excluding carboxylic acids is 2. The Balaban J connectivity index is 0.000000427. The standard InChI is InChI=1S/C20H23N3O3.C2H2O4/c24-19(15-21-8-7-16-4-1-2-5-17(16)14-21)22-9-11-23(12-10-22)20(25)18-6-3-13-26-18;3-1(4)2(5)6/h1-6,13H,7-12,14-15H2;(H,3,4)(H,5,6). The first-order valence-electron chi connectivity index (χ1n) is 10.2. The molecule has 0 radical (unpaired) electrons. The molecule has 2 aliphatic rings. The number of carboxylic acid groups (broad SMARTS) is 2. The van der Waals surface area contributed by atoms with Gasteiger partial charge >= 0.3 is 11.9 Å². The first-order chi connectivity index (χ1) is 15.3. The number of aliphatic carboxylic acids is 2. The highest BCUT2D eigenvalue weighted by molar-refractivity contribution is 6.27. The van der Waals surface area contributed by atoms with Crippen LogP contribution >= 0.6 is 0 Å². The number of fused-ring (bicyclic) bond motifs is 1. The fraction of sp³-hybridized carbons (Fsp3) is 0.364. The SMILES string of the molecule is O=C(CN1CCc2ccccc2C1)N1CCN(C(=O)c2ccco2)CC1.O=C(O)C(=O)O. The van der Waals surface area contributed by atoms with Gasteiger partial charge in [0.25, 0.3) is 5.91 Å². The number of furan rings is 1. The van der Waals surface area contributed by atoms with Gasteiger partial charge in [-0.25, -0.2) is 9.59 Å². The van der Waals surface area contributed by atoms with Crippen LogP contribution in [0.3, 0.4) is 0 Å². The Labute approximate surface area is 184 Å². The molecule has 1 fully saturated rings. The summed E-state index contributed by atoms with van der Waals surface area (Å²) in [5.41, 5.74) is 2.71. The van der Waals surface area contributed by atoms with E-state index in [9.17, 15) is 9.59 Å². The van der Waals surface area contributed by atoms with Gasteiger partial charge in [0.1, 0.15) is 0 Å². The van der Waals surface area contributed by atoms with Crippen molar-refractivity contribution in [2.24, 2.45) is 0 Å². The highest BCUT2D eigenvalue weighted by Gasteiger charge is 2.27. The fourth-order valence-electron chi connectivity index (χ4n) is 3.70. The molecule has 2 N–H and O–H groups in total. The Morgan fingerprint density at radius 1 is 0.812 bits per heavy atom. The minimum absolute atomic E-state index is 0.102. The first-order valence-corrected chi connectivity index (χ1v) is 10.2. The number of amides is 2. The summed E-state index contributed by atoms with van der Waals surface area (Å²) in [6.45, 7) is 4.45. The van der Waals surface area contributed by atoms with Crippen molar-refractivity contribution < 1.29 is 33.8 Å². The number of benzene rings is 1. The van der Waals surface area contributed by atoms with Crippen molar-refractivity contribution in [2.75, 3.05) is 39.3 Å². The third-order valence-corrected chi connectivity index (χ3v) is 5.40. The summed E-state index contributed by atoms with van der Waals surface area (Å²) in [5, 5.41) is 14.8. The number of carboxylic acids is 2. The van der Waals surface area contributed by atoms with Gasteiger partial charge in [-0.1, -0.05) is 24.3 Å². The third-order valence-electron chi connectivity index (χ3n) is 5.40. The van der Waals surface area contributed by atoms with Crippen molar-refractivity contribution in [3.05, 3.63) is 59.5 Å². The molecule has 1 saturated heterocycles. The van der Waals surface area contributed by atoms with E-state index in [1.54, 1.807) is 17.0 Å². The molecule has 2 amide bonds. The molecule has 10 heteroatoms. The van der Waals surface area contributed by atoms with E-state index in [-0.39, 0.29) is 11.8 Å². The van der Waals surface area contributed by atoms with Gasteiger partial charge in [0.15, 0.2) is 5.76 Å². The van der Waals surface area contributed by atoms with E-state index in [0.29, 0.717) is 38.5 Å². The first kappa shape index (κ1) is 23.0. The van der Waals surface area contributed by atoms with Crippen LogP contribution in [0.25, 0.3) is 0 Å². The average Bonchev–Trinajstić information content (AvgIpc) is 3.34. The molecule has 0 unspecified atom stereocenters. The minimum atomic E-state index is -1.82. The summed E-state index contributed by atoms with van der Waals surface area (Å²) in [6, 6.07) is 11.8. The second-order valence-electron chi connectivity index (χ2n) is 7.49. The second kappa shape index (κ2) is 10.6. The summed E-state index contributed by atoms with van der Waals surface area (Å²) in [7, 11) is 0.